The molecule has 0 saturated heterocycles. The van der Waals surface area contributed by atoms with Crippen molar-refractivity contribution in [3.63, 3.8) is 0 Å². The van der Waals surface area contributed by atoms with E-state index in [0.29, 0.717) is 5.69 Å². The van der Waals surface area contributed by atoms with Gasteiger partial charge in [0.15, 0.2) is 6.04 Å². The standard InChI is InChI=1S/C15H13N3O/c16-11-14(12-7-3-1-4-8-12)18(15(17)19)13-9-5-2-6-10-13/h1-10,14H,(H2,17,19)/t14-/m0/s1. The maximum Gasteiger partial charge on any atom is 0.320 e. The highest BCUT2D eigenvalue weighted by Gasteiger charge is 2.24. The van der Waals surface area contributed by atoms with Gasteiger partial charge in [0.1, 0.15) is 0 Å². The summed E-state index contributed by atoms with van der Waals surface area (Å²) in [4.78, 5) is 13.0. The predicted octanol–water partition coefficient (Wildman–Crippen LogP) is 2.84. The first-order valence-electron chi connectivity index (χ1n) is 5.82. The first-order valence-corrected chi connectivity index (χ1v) is 5.82. The van der Waals surface area contributed by atoms with Gasteiger partial charge in [-0.2, -0.15) is 5.26 Å². The van der Waals surface area contributed by atoms with Crippen LogP contribution in [-0.4, -0.2) is 6.03 Å². The van der Waals surface area contributed by atoms with E-state index in [9.17, 15) is 10.1 Å². The summed E-state index contributed by atoms with van der Waals surface area (Å²) in [5.74, 6) is 0. The van der Waals surface area contributed by atoms with Crippen molar-refractivity contribution >= 4 is 11.7 Å². The Hall–Kier alpha value is -2.80. The Labute approximate surface area is 111 Å². The molecule has 0 aliphatic heterocycles. The number of carbonyl (C=O) groups is 1. The number of benzene rings is 2. The Balaban J connectivity index is 2.44. The number of amides is 2. The highest BCUT2D eigenvalue weighted by molar-refractivity contribution is 5.92. The second kappa shape index (κ2) is 5.69. The summed E-state index contributed by atoms with van der Waals surface area (Å²) < 4.78 is 0. The molecular formula is C15H13N3O. The summed E-state index contributed by atoms with van der Waals surface area (Å²) >= 11 is 0. The van der Waals surface area contributed by atoms with E-state index in [1.807, 2.05) is 24.3 Å². The monoisotopic (exact) mass is 251 g/mol. The van der Waals surface area contributed by atoms with E-state index in [2.05, 4.69) is 6.07 Å². The minimum absolute atomic E-state index is 0.602. The van der Waals surface area contributed by atoms with Crippen molar-refractivity contribution in [2.24, 2.45) is 5.73 Å². The van der Waals surface area contributed by atoms with E-state index in [0.717, 1.165) is 5.56 Å². The first-order chi connectivity index (χ1) is 9.24. The lowest BCUT2D eigenvalue weighted by molar-refractivity contribution is 0.253. The molecular weight excluding hydrogens is 238 g/mol. The van der Waals surface area contributed by atoms with Gasteiger partial charge in [-0.25, -0.2) is 4.79 Å². The number of nitrogens with zero attached hydrogens (tertiary/aromatic N) is 2. The van der Waals surface area contributed by atoms with Gasteiger partial charge in [0.2, 0.25) is 0 Å². The summed E-state index contributed by atoms with van der Waals surface area (Å²) in [6.45, 7) is 0. The van der Waals surface area contributed by atoms with Crippen LogP contribution in [0.4, 0.5) is 10.5 Å². The maximum absolute atomic E-state index is 11.7. The smallest absolute Gasteiger partial charge is 0.320 e. The second-order valence-electron chi connectivity index (χ2n) is 3.99. The Morgan fingerprint density at radius 2 is 1.58 bits per heavy atom. The molecule has 0 aliphatic rings. The Kier molecular flexibility index (Phi) is 3.79. The van der Waals surface area contributed by atoms with Crippen molar-refractivity contribution < 1.29 is 4.79 Å². The summed E-state index contributed by atoms with van der Waals surface area (Å²) in [6, 6.07) is 18.8. The molecule has 2 N–H and O–H groups in total. The van der Waals surface area contributed by atoms with Crippen LogP contribution >= 0.6 is 0 Å². The van der Waals surface area contributed by atoms with Gasteiger partial charge in [0.05, 0.1) is 6.07 Å². The van der Waals surface area contributed by atoms with Gasteiger partial charge < -0.3 is 5.73 Å². The molecule has 0 unspecified atom stereocenters. The zero-order valence-electron chi connectivity index (χ0n) is 10.2. The van der Waals surface area contributed by atoms with Crippen molar-refractivity contribution in [2.75, 3.05) is 4.90 Å². The molecule has 94 valence electrons. The minimum atomic E-state index is -0.735. The number of primary amides is 1. The maximum atomic E-state index is 11.7. The predicted molar refractivity (Wildman–Crippen MR) is 73.3 cm³/mol. The Morgan fingerprint density at radius 3 is 2.05 bits per heavy atom. The highest BCUT2D eigenvalue weighted by Crippen LogP contribution is 2.26. The van der Waals surface area contributed by atoms with Crippen LogP contribution in [0.25, 0.3) is 0 Å². The number of urea groups is 1. The zero-order valence-corrected chi connectivity index (χ0v) is 10.2. The normalized spacial score (nSPS) is 11.3. The molecule has 2 aromatic carbocycles. The van der Waals surface area contributed by atoms with Crippen LogP contribution in [0.5, 0.6) is 0 Å². The number of nitriles is 1. The van der Waals surface area contributed by atoms with Gasteiger partial charge in [-0.15, -0.1) is 0 Å². The van der Waals surface area contributed by atoms with Crippen LogP contribution in [-0.2, 0) is 0 Å². The summed E-state index contributed by atoms with van der Waals surface area (Å²) in [5, 5.41) is 9.36. The number of anilines is 1. The van der Waals surface area contributed by atoms with E-state index in [1.54, 1.807) is 36.4 Å². The second-order valence-corrected chi connectivity index (χ2v) is 3.99. The lowest BCUT2D eigenvalue weighted by Crippen LogP contribution is -2.38. The molecule has 0 aromatic heterocycles. The number of carbonyl (C=O) groups excluding carboxylic acids is 1. The topological polar surface area (TPSA) is 70.1 Å². The van der Waals surface area contributed by atoms with Gasteiger partial charge in [-0.05, 0) is 17.7 Å². The van der Waals surface area contributed by atoms with Crippen LogP contribution in [0.2, 0.25) is 0 Å². The molecule has 0 fully saturated rings. The van der Waals surface area contributed by atoms with E-state index in [4.69, 9.17) is 5.73 Å². The van der Waals surface area contributed by atoms with Gasteiger partial charge in [-0.1, -0.05) is 48.5 Å². The van der Waals surface area contributed by atoms with Crippen molar-refractivity contribution in [3.05, 3.63) is 66.2 Å². The van der Waals surface area contributed by atoms with Crippen LogP contribution in [0, 0.1) is 11.3 Å². The van der Waals surface area contributed by atoms with Crippen LogP contribution in [0.1, 0.15) is 11.6 Å². The van der Waals surface area contributed by atoms with Gasteiger partial charge in [-0.3, -0.25) is 4.90 Å². The molecule has 2 amide bonds. The quantitative estimate of drug-likeness (QED) is 0.911. The lowest BCUT2D eigenvalue weighted by atomic mass is 10.1. The van der Waals surface area contributed by atoms with Crippen LogP contribution in [0.15, 0.2) is 60.7 Å². The molecule has 4 nitrogen and oxygen atoms in total. The molecule has 0 aliphatic carbocycles. The molecule has 0 heterocycles. The number of para-hydroxylation sites is 1. The molecule has 2 aromatic rings. The fourth-order valence-electron chi connectivity index (χ4n) is 1.91. The summed E-state index contributed by atoms with van der Waals surface area (Å²) in [6.07, 6.45) is 0. The fraction of sp³-hybridized carbons (Fsp3) is 0.0667. The van der Waals surface area contributed by atoms with Crippen molar-refractivity contribution in [2.45, 2.75) is 6.04 Å². The van der Waals surface area contributed by atoms with E-state index in [-0.39, 0.29) is 0 Å². The van der Waals surface area contributed by atoms with Crippen molar-refractivity contribution in [3.8, 4) is 6.07 Å². The molecule has 2 rings (SSSR count). The van der Waals surface area contributed by atoms with Crippen molar-refractivity contribution in [1.29, 1.82) is 5.26 Å². The third-order valence-corrected chi connectivity index (χ3v) is 2.77. The average Bonchev–Trinajstić information content (AvgIpc) is 2.46. The molecule has 19 heavy (non-hydrogen) atoms. The third kappa shape index (κ3) is 2.72. The van der Waals surface area contributed by atoms with Gasteiger partial charge >= 0.3 is 6.03 Å². The summed E-state index contributed by atoms with van der Waals surface area (Å²) in [5.41, 5.74) is 6.75. The van der Waals surface area contributed by atoms with E-state index in [1.165, 1.54) is 4.90 Å². The third-order valence-electron chi connectivity index (χ3n) is 2.77. The zero-order chi connectivity index (χ0) is 13.7. The average molecular weight is 251 g/mol. The Morgan fingerprint density at radius 1 is 1.05 bits per heavy atom. The largest absolute Gasteiger partial charge is 0.351 e. The van der Waals surface area contributed by atoms with Crippen molar-refractivity contribution in [1.82, 2.24) is 0 Å². The number of nitrogens with two attached hydrogens (primary N) is 1. The Bertz CT molecular complexity index is 590. The van der Waals surface area contributed by atoms with E-state index >= 15 is 0 Å². The van der Waals surface area contributed by atoms with Gasteiger partial charge in [0.25, 0.3) is 0 Å². The van der Waals surface area contributed by atoms with Gasteiger partial charge in [0, 0.05) is 5.69 Å². The summed E-state index contributed by atoms with van der Waals surface area (Å²) in [7, 11) is 0. The molecule has 4 heteroatoms. The molecule has 0 saturated carbocycles. The minimum Gasteiger partial charge on any atom is -0.351 e. The molecule has 0 radical (unpaired) electrons. The first kappa shape index (κ1) is 12.7. The van der Waals surface area contributed by atoms with Crippen LogP contribution < -0.4 is 10.6 Å². The van der Waals surface area contributed by atoms with Crippen LogP contribution in [0.3, 0.4) is 0 Å². The van der Waals surface area contributed by atoms with E-state index < -0.39 is 12.1 Å². The lowest BCUT2D eigenvalue weighted by Gasteiger charge is -2.25. The molecule has 1 atom stereocenters. The number of rotatable bonds is 3. The highest BCUT2D eigenvalue weighted by atomic mass is 16.2. The number of hydrogen-bond donors (Lipinski definition) is 1. The fourth-order valence-corrected chi connectivity index (χ4v) is 1.91. The molecule has 0 bridgehead atoms. The SMILES string of the molecule is N#C[C@@H](c1ccccc1)N(C(N)=O)c1ccccc1. The molecule has 0 spiro atoms. The number of hydrogen-bond acceptors (Lipinski definition) is 2.